The van der Waals surface area contributed by atoms with Crippen LogP contribution in [0.1, 0.15) is 37.4 Å². The minimum Gasteiger partial charge on any atom is -0.388 e. The minimum atomic E-state index is -3.59. The highest BCUT2D eigenvalue weighted by atomic mass is 32.2. The molecule has 0 aromatic heterocycles. The smallest absolute Gasteiger partial charge is 0.239 e. The minimum absolute atomic E-state index is 0.125. The van der Waals surface area contributed by atoms with Gasteiger partial charge < -0.3 is 15.3 Å². The standard InChI is InChI=1S/C24H31N3O4S/c28-22(19-10-11-23-21(17-19)25-24(29)18-32(23,30)31)9-5-2-6-12-26-13-15-27(16-14-26)20-7-3-1-4-8-20/h1,3-4,7-8,10-11,17,22,28H,2,5-6,9,12-16,18H2,(H,25,29). The Morgan fingerprint density at radius 3 is 2.47 bits per heavy atom. The van der Waals surface area contributed by atoms with Crippen molar-refractivity contribution in [3.63, 3.8) is 0 Å². The lowest BCUT2D eigenvalue weighted by Gasteiger charge is -2.36. The van der Waals surface area contributed by atoms with Crippen LogP contribution in [-0.2, 0) is 14.6 Å². The van der Waals surface area contributed by atoms with Crippen LogP contribution in [0.5, 0.6) is 0 Å². The first-order chi connectivity index (χ1) is 15.4. The number of amides is 1. The zero-order chi connectivity index (χ0) is 22.6. The fraction of sp³-hybridized carbons (Fsp3) is 0.458. The Kier molecular flexibility index (Phi) is 7.13. The molecule has 2 heterocycles. The molecule has 1 fully saturated rings. The van der Waals surface area contributed by atoms with Gasteiger partial charge in [-0.15, -0.1) is 0 Å². The molecule has 2 aliphatic heterocycles. The summed E-state index contributed by atoms with van der Waals surface area (Å²) in [7, 11) is -3.59. The van der Waals surface area contributed by atoms with Crippen molar-refractivity contribution < 1.29 is 18.3 Å². The van der Waals surface area contributed by atoms with Gasteiger partial charge in [-0.3, -0.25) is 9.69 Å². The first-order valence-electron chi connectivity index (χ1n) is 11.3. The molecule has 0 bridgehead atoms. The molecular weight excluding hydrogens is 426 g/mol. The number of aliphatic hydroxyl groups is 1. The number of piperazine rings is 1. The summed E-state index contributed by atoms with van der Waals surface area (Å²) in [6, 6.07) is 15.2. The molecule has 2 aromatic carbocycles. The Morgan fingerprint density at radius 2 is 1.72 bits per heavy atom. The van der Waals surface area contributed by atoms with E-state index in [9.17, 15) is 18.3 Å². The van der Waals surface area contributed by atoms with Crippen molar-refractivity contribution in [3.05, 3.63) is 54.1 Å². The fourth-order valence-electron chi connectivity index (χ4n) is 4.45. The number of carbonyl (C=O) groups is 1. The molecule has 4 rings (SSSR count). The fourth-order valence-corrected chi connectivity index (χ4v) is 5.74. The van der Waals surface area contributed by atoms with Crippen LogP contribution >= 0.6 is 0 Å². The van der Waals surface area contributed by atoms with Crippen molar-refractivity contribution >= 4 is 27.1 Å². The normalized spacial score (nSPS) is 19.3. The van der Waals surface area contributed by atoms with Gasteiger partial charge in [0.25, 0.3) is 0 Å². The number of hydrogen-bond acceptors (Lipinski definition) is 6. The highest BCUT2D eigenvalue weighted by molar-refractivity contribution is 7.92. The maximum Gasteiger partial charge on any atom is 0.239 e. The number of rotatable bonds is 8. The Balaban J connectivity index is 1.17. The van der Waals surface area contributed by atoms with E-state index >= 15 is 0 Å². The first-order valence-corrected chi connectivity index (χ1v) is 12.9. The van der Waals surface area contributed by atoms with Gasteiger partial charge in [0.15, 0.2) is 9.84 Å². The largest absolute Gasteiger partial charge is 0.388 e. The van der Waals surface area contributed by atoms with E-state index in [0.717, 1.165) is 52.0 Å². The predicted molar refractivity (Wildman–Crippen MR) is 126 cm³/mol. The predicted octanol–water partition coefficient (Wildman–Crippen LogP) is 2.83. The molecule has 8 heteroatoms. The second-order valence-corrected chi connectivity index (χ2v) is 10.6. The highest BCUT2D eigenvalue weighted by Gasteiger charge is 2.29. The van der Waals surface area contributed by atoms with Gasteiger partial charge in [0, 0.05) is 31.9 Å². The monoisotopic (exact) mass is 457 g/mol. The molecular formula is C24H31N3O4S. The maximum atomic E-state index is 12.1. The second kappa shape index (κ2) is 10.0. The van der Waals surface area contributed by atoms with Crippen LogP contribution in [0.25, 0.3) is 0 Å². The zero-order valence-corrected chi connectivity index (χ0v) is 19.1. The summed E-state index contributed by atoms with van der Waals surface area (Å²) >= 11 is 0. The molecule has 1 unspecified atom stereocenters. The topological polar surface area (TPSA) is 89.9 Å². The lowest BCUT2D eigenvalue weighted by molar-refractivity contribution is -0.114. The van der Waals surface area contributed by atoms with Gasteiger partial charge in [0.1, 0.15) is 5.75 Å². The Labute approximate surface area is 190 Å². The summed E-state index contributed by atoms with van der Waals surface area (Å²) in [5.41, 5.74) is 2.20. The van der Waals surface area contributed by atoms with Crippen LogP contribution in [0.3, 0.4) is 0 Å². The lowest BCUT2D eigenvalue weighted by Crippen LogP contribution is -2.46. The van der Waals surface area contributed by atoms with Crippen LogP contribution in [0.15, 0.2) is 53.4 Å². The van der Waals surface area contributed by atoms with Gasteiger partial charge in [-0.05, 0) is 49.2 Å². The molecule has 0 radical (unpaired) electrons. The Morgan fingerprint density at radius 1 is 0.969 bits per heavy atom. The Hall–Kier alpha value is -2.42. The van der Waals surface area contributed by atoms with Crippen LogP contribution in [0.4, 0.5) is 11.4 Å². The van der Waals surface area contributed by atoms with Gasteiger partial charge >= 0.3 is 0 Å². The number of unbranched alkanes of at least 4 members (excludes halogenated alkanes) is 2. The van der Waals surface area contributed by atoms with E-state index in [0.29, 0.717) is 12.0 Å². The third-order valence-electron chi connectivity index (χ3n) is 6.26. The van der Waals surface area contributed by atoms with E-state index in [2.05, 4.69) is 39.4 Å². The van der Waals surface area contributed by atoms with Gasteiger partial charge in [0.05, 0.1) is 16.7 Å². The number of nitrogens with one attached hydrogen (secondary N) is 1. The van der Waals surface area contributed by atoms with E-state index in [1.54, 1.807) is 12.1 Å². The number of fused-ring (bicyclic) bond motifs is 1. The molecule has 2 aliphatic rings. The number of carbonyl (C=O) groups excluding carboxylic acids is 1. The van der Waals surface area contributed by atoms with Crippen molar-refractivity contribution in [1.82, 2.24) is 4.90 Å². The molecule has 0 aliphatic carbocycles. The van der Waals surface area contributed by atoms with Crippen molar-refractivity contribution in [2.75, 3.05) is 48.7 Å². The molecule has 1 amide bonds. The first kappa shape index (κ1) is 22.8. The zero-order valence-electron chi connectivity index (χ0n) is 18.2. The molecule has 2 aromatic rings. The van der Waals surface area contributed by atoms with Crippen molar-refractivity contribution in [1.29, 1.82) is 0 Å². The van der Waals surface area contributed by atoms with Gasteiger partial charge in [-0.2, -0.15) is 0 Å². The van der Waals surface area contributed by atoms with Crippen molar-refractivity contribution in [2.24, 2.45) is 0 Å². The summed E-state index contributed by atoms with van der Waals surface area (Å²) in [6.45, 7) is 5.31. The number of anilines is 2. The summed E-state index contributed by atoms with van der Waals surface area (Å²) in [5.74, 6) is -1.06. The van der Waals surface area contributed by atoms with Crippen LogP contribution < -0.4 is 10.2 Å². The molecule has 172 valence electrons. The summed E-state index contributed by atoms with van der Waals surface area (Å²) in [5, 5.41) is 13.1. The van der Waals surface area contributed by atoms with E-state index < -0.39 is 27.6 Å². The van der Waals surface area contributed by atoms with E-state index in [-0.39, 0.29) is 10.6 Å². The second-order valence-electron chi connectivity index (χ2n) is 8.59. The summed E-state index contributed by atoms with van der Waals surface area (Å²) in [4.78, 5) is 16.7. The molecule has 7 nitrogen and oxygen atoms in total. The average molecular weight is 458 g/mol. The molecule has 0 spiro atoms. The van der Waals surface area contributed by atoms with Crippen LogP contribution in [0, 0.1) is 0 Å². The Bertz CT molecular complexity index is 1030. The third-order valence-corrected chi connectivity index (χ3v) is 7.93. The van der Waals surface area contributed by atoms with E-state index in [1.165, 1.54) is 11.8 Å². The number of para-hydroxylation sites is 1. The molecule has 1 atom stereocenters. The summed E-state index contributed by atoms with van der Waals surface area (Å²) in [6.07, 6.45) is 2.97. The molecule has 0 saturated carbocycles. The number of benzene rings is 2. The number of sulfone groups is 1. The van der Waals surface area contributed by atoms with Crippen LogP contribution in [0.2, 0.25) is 0 Å². The van der Waals surface area contributed by atoms with Crippen LogP contribution in [-0.4, -0.2) is 62.8 Å². The average Bonchev–Trinajstić information content (AvgIpc) is 2.78. The van der Waals surface area contributed by atoms with E-state index in [1.807, 2.05) is 6.07 Å². The third kappa shape index (κ3) is 5.49. The number of nitrogens with zero attached hydrogens (tertiary/aromatic N) is 2. The number of hydrogen-bond donors (Lipinski definition) is 2. The van der Waals surface area contributed by atoms with Gasteiger partial charge in [-0.25, -0.2) is 8.42 Å². The molecule has 2 N–H and O–H groups in total. The lowest BCUT2D eigenvalue weighted by atomic mass is 10.0. The molecule has 32 heavy (non-hydrogen) atoms. The van der Waals surface area contributed by atoms with Gasteiger partial charge in [0.2, 0.25) is 5.91 Å². The molecule has 1 saturated heterocycles. The maximum absolute atomic E-state index is 12.1. The van der Waals surface area contributed by atoms with Gasteiger partial charge in [-0.1, -0.05) is 37.1 Å². The number of aliphatic hydroxyl groups excluding tert-OH is 1. The quantitative estimate of drug-likeness (QED) is 0.593. The van der Waals surface area contributed by atoms with Crippen molar-refractivity contribution in [2.45, 2.75) is 36.7 Å². The van der Waals surface area contributed by atoms with E-state index in [4.69, 9.17) is 0 Å². The summed E-state index contributed by atoms with van der Waals surface area (Å²) < 4.78 is 24.2. The van der Waals surface area contributed by atoms with Crippen molar-refractivity contribution in [3.8, 4) is 0 Å². The SMILES string of the molecule is O=C1CS(=O)(=O)c2ccc(C(O)CCCCCN3CCN(c4ccccc4)CC3)cc2N1. The highest BCUT2D eigenvalue weighted by Crippen LogP contribution is 2.31.